The number of rotatable bonds is 10. The van der Waals surface area contributed by atoms with E-state index in [2.05, 4.69) is 28.9 Å². The Labute approximate surface area is 312 Å². The van der Waals surface area contributed by atoms with E-state index in [-0.39, 0.29) is 28.5 Å². The summed E-state index contributed by atoms with van der Waals surface area (Å²) in [6.45, 7) is 10.2. The molecule has 2 aromatic carbocycles. The molecule has 4 saturated carbocycles. The summed E-state index contributed by atoms with van der Waals surface area (Å²) in [5, 5.41) is 18.5. The van der Waals surface area contributed by atoms with Crippen LogP contribution in [0, 0.1) is 40.3 Å². The van der Waals surface area contributed by atoms with E-state index in [0.29, 0.717) is 80.9 Å². The van der Waals surface area contributed by atoms with Crippen LogP contribution in [0.5, 0.6) is 0 Å². The van der Waals surface area contributed by atoms with Gasteiger partial charge in [0.05, 0.1) is 48.7 Å². The molecule has 1 aromatic heterocycles. The van der Waals surface area contributed by atoms with Gasteiger partial charge in [-0.05, 0) is 116 Å². The van der Waals surface area contributed by atoms with E-state index in [9.17, 15) is 19.1 Å². The topological polar surface area (TPSA) is 108 Å². The van der Waals surface area contributed by atoms with Gasteiger partial charge in [0, 0.05) is 44.5 Å². The molecule has 53 heavy (non-hydrogen) atoms. The van der Waals surface area contributed by atoms with Gasteiger partial charge in [0.25, 0.3) is 11.5 Å². The molecule has 2 N–H and O–H groups in total. The lowest BCUT2D eigenvalue weighted by Crippen LogP contribution is -2.54. The first kappa shape index (κ1) is 36.8. The van der Waals surface area contributed by atoms with Crippen molar-refractivity contribution in [3.8, 4) is 0 Å². The lowest BCUT2D eigenvalue weighted by molar-refractivity contribution is -0.143. The van der Waals surface area contributed by atoms with Crippen molar-refractivity contribution in [2.24, 2.45) is 34.5 Å². The summed E-state index contributed by atoms with van der Waals surface area (Å²) in [5.41, 5.74) is 1.91. The monoisotopic (exact) mass is 728 g/mol. The molecule has 5 fully saturated rings. The van der Waals surface area contributed by atoms with Crippen LogP contribution < -0.4 is 5.56 Å². The first-order valence-electron chi connectivity index (χ1n) is 20.3. The van der Waals surface area contributed by atoms with E-state index >= 15 is 0 Å². The molecular weight excluding hydrogens is 671 g/mol. The molecular formula is C43H57FN4O5. The van der Waals surface area contributed by atoms with E-state index in [1.807, 2.05) is 18.2 Å². The molecule has 8 atom stereocenters. The van der Waals surface area contributed by atoms with Gasteiger partial charge in [0.2, 0.25) is 0 Å². The number of carbonyl (C=O) groups excluding carboxylic acids is 1. The molecule has 1 amide bonds. The fourth-order valence-corrected chi connectivity index (χ4v) is 11.7. The third-order valence-corrected chi connectivity index (χ3v) is 14.7. The molecule has 0 spiro atoms. The number of nitrogens with one attached hydrogen (secondary N) is 1. The maximum absolute atomic E-state index is 15.0. The van der Waals surface area contributed by atoms with Crippen LogP contribution in [-0.2, 0) is 15.9 Å². The summed E-state index contributed by atoms with van der Waals surface area (Å²) in [7, 11) is 0. The number of aliphatic hydroxyl groups excluding tert-OH is 1. The van der Waals surface area contributed by atoms with Crippen molar-refractivity contribution in [1.29, 1.82) is 0 Å². The smallest absolute Gasteiger partial charge is 0.272 e. The summed E-state index contributed by atoms with van der Waals surface area (Å²) in [4.78, 5) is 29.7. The zero-order valence-corrected chi connectivity index (χ0v) is 31.5. The van der Waals surface area contributed by atoms with E-state index in [1.165, 1.54) is 44.6 Å². The molecule has 2 heterocycles. The van der Waals surface area contributed by atoms with Crippen molar-refractivity contribution < 1.29 is 23.8 Å². The maximum atomic E-state index is 15.0. The highest BCUT2D eigenvalue weighted by atomic mass is 19.1. The third-order valence-electron chi connectivity index (χ3n) is 14.7. The normalized spacial score (nSPS) is 33.0. The second-order valence-corrected chi connectivity index (χ2v) is 17.3. The van der Waals surface area contributed by atoms with Crippen molar-refractivity contribution in [3.63, 3.8) is 0 Å². The molecule has 0 bridgehead atoms. The van der Waals surface area contributed by atoms with Crippen molar-refractivity contribution >= 4 is 16.7 Å². The van der Waals surface area contributed by atoms with Crippen LogP contribution in [0.1, 0.15) is 93.3 Å². The van der Waals surface area contributed by atoms with Gasteiger partial charge < -0.3 is 19.5 Å². The number of H-pyrrole nitrogens is 1. The van der Waals surface area contributed by atoms with Crippen molar-refractivity contribution in [2.75, 3.05) is 52.5 Å². The molecule has 10 heteroatoms. The van der Waals surface area contributed by atoms with Gasteiger partial charge >= 0.3 is 0 Å². The molecule has 4 aliphatic carbocycles. The zero-order valence-electron chi connectivity index (χ0n) is 31.5. The number of aromatic amines is 1. The number of hydrogen-bond acceptors (Lipinski definition) is 7. The minimum atomic E-state index is -0.534. The van der Waals surface area contributed by atoms with E-state index < -0.39 is 5.82 Å². The molecule has 1 unspecified atom stereocenters. The molecule has 1 aliphatic heterocycles. The third kappa shape index (κ3) is 7.09. The zero-order chi connectivity index (χ0) is 36.7. The first-order valence-corrected chi connectivity index (χ1v) is 20.3. The number of ether oxygens (including phenoxy) is 2. The van der Waals surface area contributed by atoms with Crippen molar-refractivity contribution in [2.45, 2.75) is 90.3 Å². The van der Waals surface area contributed by atoms with Gasteiger partial charge in [-0.2, -0.15) is 5.10 Å². The minimum absolute atomic E-state index is 0.0649. The van der Waals surface area contributed by atoms with Gasteiger partial charge in [-0.3, -0.25) is 14.5 Å². The fraction of sp³-hybridized carbons (Fsp3) is 0.651. The summed E-state index contributed by atoms with van der Waals surface area (Å²) in [6, 6.07) is 11.9. The summed E-state index contributed by atoms with van der Waals surface area (Å²) < 4.78 is 27.6. The standard InChI is InChI=1S/C43H57FN4O5/c1-42-15-13-30(49)27-29(42)8-9-33-35-10-12-39(43(35,2)16-14-36(33)42)53-24-23-52-22-21-47-17-19-48(20-18-47)41(51)34-25-28(7-11-37(34)44)26-38-31-5-3-4-6-32(31)40(50)46-45-38/h3-7,11,25,29-30,33,35-36,39,49H,8-10,12-24,26-27H2,1-2H3,(H,46,50)/t29-,30?,33-,35-,36-,39-,42-,43-/m1/s1. The van der Waals surface area contributed by atoms with Gasteiger partial charge in [-0.1, -0.05) is 38.1 Å². The first-order chi connectivity index (χ1) is 25.6. The lowest BCUT2D eigenvalue weighted by atomic mass is 9.45. The molecule has 3 aromatic rings. The predicted octanol–water partition coefficient (Wildman–Crippen LogP) is 6.22. The van der Waals surface area contributed by atoms with Crippen LogP contribution in [0.3, 0.4) is 0 Å². The molecule has 0 radical (unpaired) electrons. The number of fused-ring (bicyclic) bond motifs is 6. The number of aromatic nitrogens is 2. The highest BCUT2D eigenvalue weighted by Gasteiger charge is 2.60. The van der Waals surface area contributed by atoms with Crippen LogP contribution in [0.15, 0.2) is 47.3 Å². The summed E-state index contributed by atoms with van der Waals surface area (Å²) in [5.74, 6) is 2.23. The molecule has 8 rings (SSSR count). The van der Waals surface area contributed by atoms with E-state index in [0.717, 1.165) is 54.5 Å². The Morgan fingerprint density at radius 3 is 2.53 bits per heavy atom. The highest BCUT2D eigenvalue weighted by Crippen LogP contribution is 2.66. The van der Waals surface area contributed by atoms with E-state index in [1.54, 1.807) is 23.1 Å². The summed E-state index contributed by atoms with van der Waals surface area (Å²) in [6.07, 6.45) is 11.4. The average Bonchev–Trinajstić information content (AvgIpc) is 3.51. The quantitative estimate of drug-likeness (QED) is 0.239. The summed E-state index contributed by atoms with van der Waals surface area (Å²) >= 11 is 0. The number of carbonyl (C=O) groups is 1. The van der Waals surface area contributed by atoms with Gasteiger partial charge in [0.1, 0.15) is 5.82 Å². The molecule has 1 saturated heterocycles. The number of piperazine rings is 1. The van der Waals surface area contributed by atoms with Gasteiger partial charge in [0.15, 0.2) is 0 Å². The van der Waals surface area contributed by atoms with Crippen LogP contribution >= 0.6 is 0 Å². The largest absolute Gasteiger partial charge is 0.393 e. The van der Waals surface area contributed by atoms with Crippen LogP contribution in [0.4, 0.5) is 4.39 Å². The Bertz CT molecular complexity index is 1840. The highest BCUT2D eigenvalue weighted by molar-refractivity contribution is 5.95. The molecule has 9 nitrogen and oxygen atoms in total. The Hall–Kier alpha value is -3.18. The number of halogens is 1. The SMILES string of the molecule is C[C@@]12CCC(O)C[C@H]1CC[C@H]1[C@H]2CC[C@]2(C)[C@@H]1CC[C@H]2OCCOCCN1CCN(C(=O)c2cc(Cc3n[nH]c(=O)c4ccccc34)ccc2F)CC1. The number of benzene rings is 2. The van der Waals surface area contributed by atoms with Gasteiger partial charge in [-0.25, -0.2) is 9.49 Å². The van der Waals surface area contributed by atoms with Crippen LogP contribution in [0.2, 0.25) is 0 Å². The van der Waals surface area contributed by atoms with E-state index in [4.69, 9.17) is 9.47 Å². The Balaban J connectivity index is 0.763. The Kier molecular flexibility index (Phi) is 10.5. The Morgan fingerprint density at radius 2 is 1.70 bits per heavy atom. The number of nitrogens with zero attached hydrogens (tertiary/aromatic N) is 3. The van der Waals surface area contributed by atoms with Crippen LogP contribution in [0.25, 0.3) is 10.8 Å². The lowest BCUT2D eigenvalue weighted by Gasteiger charge is -2.60. The second-order valence-electron chi connectivity index (χ2n) is 17.3. The Morgan fingerprint density at radius 1 is 0.925 bits per heavy atom. The van der Waals surface area contributed by atoms with Crippen molar-refractivity contribution in [1.82, 2.24) is 20.0 Å². The molecule has 286 valence electrons. The minimum Gasteiger partial charge on any atom is -0.393 e. The fourth-order valence-electron chi connectivity index (χ4n) is 11.7. The maximum Gasteiger partial charge on any atom is 0.272 e. The number of aliphatic hydroxyl groups is 1. The van der Waals surface area contributed by atoms with Crippen LogP contribution in [-0.4, -0.2) is 95.8 Å². The predicted molar refractivity (Wildman–Crippen MR) is 202 cm³/mol. The number of amides is 1. The second kappa shape index (κ2) is 15.2. The molecule has 5 aliphatic rings. The average molecular weight is 729 g/mol. The van der Waals surface area contributed by atoms with Crippen molar-refractivity contribution in [3.05, 3.63) is 75.5 Å². The number of hydrogen-bond donors (Lipinski definition) is 2. The van der Waals surface area contributed by atoms with Gasteiger partial charge in [-0.15, -0.1) is 0 Å².